The molecule has 0 saturated carbocycles. The van der Waals surface area contributed by atoms with E-state index in [0.29, 0.717) is 53.9 Å². The molecular weight excluding hydrogens is 507 g/mol. The average molecular weight is 531 g/mol. The standard InChI is InChI=1S/C24H24ClFN6O3S/c1-35-17-5-2-6-18(9-17)36(33,34)32-7-3-4-15(14-32)10-27-24-21(26)13-30-23(31-24)20-12-29-22-19(20)8-16(25)11-28-22/h2,5-6,8-9,11-13,15H,3-4,7,10,14H2,1H3,(H,28,29)(H,27,30,31). The van der Waals surface area contributed by atoms with E-state index in [2.05, 4.69) is 25.3 Å². The molecule has 0 aliphatic carbocycles. The Morgan fingerprint density at radius 1 is 1.28 bits per heavy atom. The highest BCUT2D eigenvalue weighted by molar-refractivity contribution is 7.89. The van der Waals surface area contributed by atoms with Gasteiger partial charge in [0.25, 0.3) is 0 Å². The number of piperidine rings is 1. The number of hydrogen-bond acceptors (Lipinski definition) is 7. The molecule has 0 bridgehead atoms. The number of H-pyrrole nitrogens is 1. The van der Waals surface area contributed by atoms with Crippen LogP contribution in [0, 0.1) is 11.7 Å². The second kappa shape index (κ2) is 10.00. The lowest BCUT2D eigenvalue weighted by Gasteiger charge is -2.32. The fourth-order valence-electron chi connectivity index (χ4n) is 4.35. The lowest BCUT2D eigenvalue weighted by molar-refractivity contribution is 0.275. The van der Waals surface area contributed by atoms with Crippen LogP contribution in [0.15, 0.2) is 53.8 Å². The first-order chi connectivity index (χ1) is 17.3. The number of nitrogens with zero attached hydrogens (tertiary/aromatic N) is 4. The number of aromatic nitrogens is 4. The van der Waals surface area contributed by atoms with E-state index in [0.717, 1.165) is 18.0 Å². The number of rotatable bonds is 7. The molecule has 0 spiro atoms. The summed E-state index contributed by atoms with van der Waals surface area (Å²) in [7, 11) is -2.18. The minimum atomic E-state index is -3.67. The van der Waals surface area contributed by atoms with Crippen LogP contribution in [0.5, 0.6) is 5.75 Å². The van der Waals surface area contributed by atoms with Gasteiger partial charge in [-0.3, -0.25) is 0 Å². The average Bonchev–Trinajstić information content (AvgIpc) is 3.31. The van der Waals surface area contributed by atoms with Crippen molar-refractivity contribution in [3.63, 3.8) is 0 Å². The van der Waals surface area contributed by atoms with Crippen molar-refractivity contribution >= 4 is 38.5 Å². The Morgan fingerprint density at radius 2 is 2.14 bits per heavy atom. The Labute approximate surface area is 212 Å². The van der Waals surface area contributed by atoms with Gasteiger partial charge in [0.05, 0.1) is 23.2 Å². The normalized spacial score (nSPS) is 16.8. The van der Waals surface area contributed by atoms with E-state index in [1.165, 1.54) is 23.7 Å². The molecule has 12 heteroatoms. The van der Waals surface area contributed by atoms with Gasteiger partial charge in [-0.1, -0.05) is 17.7 Å². The Hall–Kier alpha value is -3.28. The Kier molecular flexibility index (Phi) is 6.78. The molecule has 1 atom stereocenters. The SMILES string of the molecule is COc1cccc(S(=O)(=O)N2CCCC(CNc3nc(-c4c[nH]c5ncc(Cl)cc45)ncc3F)C2)c1. The van der Waals surface area contributed by atoms with Crippen molar-refractivity contribution < 1.29 is 17.5 Å². The van der Waals surface area contributed by atoms with Gasteiger partial charge in [-0.05, 0) is 37.0 Å². The Balaban J connectivity index is 1.31. The summed E-state index contributed by atoms with van der Waals surface area (Å²) in [5.74, 6) is 0.242. The summed E-state index contributed by atoms with van der Waals surface area (Å²) in [6.45, 7) is 1.11. The summed E-state index contributed by atoms with van der Waals surface area (Å²) in [5.41, 5.74) is 1.27. The molecule has 1 aliphatic heterocycles. The number of sulfonamides is 1. The number of aromatic amines is 1. The van der Waals surface area contributed by atoms with Gasteiger partial charge in [0.15, 0.2) is 17.5 Å². The summed E-state index contributed by atoms with van der Waals surface area (Å²) >= 11 is 6.08. The van der Waals surface area contributed by atoms with Crippen LogP contribution in [0.2, 0.25) is 5.02 Å². The van der Waals surface area contributed by atoms with Gasteiger partial charge in [0.1, 0.15) is 11.4 Å². The molecule has 5 rings (SSSR count). The topological polar surface area (TPSA) is 113 Å². The summed E-state index contributed by atoms with van der Waals surface area (Å²) in [6, 6.07) is 8.18. The van der Waals surface area contributed by atoms with Gasteiger partial charge in [-0.2, -0.15) is 4.31 Å². The molecule has 36 heavy (non-hydrogen) atoms. The molecule has 9 nitrogen and oxygen atoms in total. The number of hydrogen-bond donors (Lipinski definition) is 2. The van der Waals surface area contributed by atoms with E-state index in [-0.39, 0.29) is 16.6 Å². The molecular formula is C24H24ClFN6O3S. The van der Waals surface area contributed by atoms with Gasteiger partial charge < -0.3 is 15.0 Å². The van der Waals surface area contributed by atoms with Crippen LogP contribution < -0.4 is 10.1 Å². The third-order valence-electron chi connectivity index (χ3n) is 6.20. The number of methoxy groups -OCH3 is 1. The fraction of sp³-hybridized carbons (Fsp3) is 0.292. The molecule has 3 aromatic heterocycles. The number of benzene rings is 1. The predicted octanol–water partition coefficient (Wildman–Crippen LogP) is 4.33. The molecule has 4 heterocycles. The number of halogens is 2. The Morgan fingerprint density at radius 3 is 2.97 bits per heavy atom. The maximum Gasteiger partial charge on any atom is 0.243 e. The zero-order valence-corrected chi connectivity index (χ0v) is 21.0. The summed E-state index contributed by atoms with van der Waals surface area (Å²) in [6.07, 6.45) is 5.86. The molecule has 1 aromatic carbocycles. The predicted molar refractivity (Wildman–Crippen MR) is 135 cm³/mol. The van der Waals surface area contributed by atoms with Crippen LogP contribution in [-0.2, 0) is 10.0 Å². The maximum absolute atomic E-state index is 14.6. The highest BCUT2D eigenvalue weighted by atomic mass is 35.5. The van der Waals surface area contributed by atoms with Crippen molar-refractivity contribution in [3.8, 4) is 17.1 Å². The zero-order valence-electron chi connectivity index (χ0n) is 19.4. The highest BCUT2D eigenvalue weighted by Crippen LogP contribution is 2.29. The second-order valence-corrected chi connectivity index (χ2v) is 10.9. The van der Waals surface area contributed by atoms with Crippen LogP contribution in [0.4, 0.5) is 10.2 Å². The summed E-state index contributed by atoms with van der Waals surface area (Å²) in [4.78, 5) is 16.0. The molecule has 4 aromatic rings. The number of ether oxygens (including phenoxy) is 1. The van der Waals surface area contributed by atoms with Crippen LogP contribution in [0.1, 0.15) is 12.8 Å². The van der Waals surface area contributed by atoms with E-state index in [1.807, 2.05) is 0 Å². The number of nitrogens with one attached hydrogen (secondary N) is 2. The molecule has 188 valence electrons. The largest absolute Gasteiger partial charge is 0.497 e. The molecule has 1 saturated heterocycles. The summed E-state index contributed by atoms with van der Waals surface area (Å²) in [5, 5.41) is 4.25. The van der Waals surface area contributed by atoms with E-state index >= 15 is 0 Å². The van der Waals surface area contributed by atoms with E-state index in [9.17, 15) is 12.8 Å². The number of fused-ring (bicyclic) bond motifs is 1. The van der Waals surface area contributed by atoms with Gasteiger partial charge in [-0.15, -0.1) is 0 Å². The van der Waals surface area contributed by atoms with Gasteiger partial charge in [0.2, 0.25) is 10.0 Å². The van der Waals surface area contributed by atoms with Crippen molar-refractivity contribution in [1.29, 1.82) is 0 Å². The third-order valence-corrected chi connectivity index (χ3v) is 8.27. The molecule has 0 amide bonds. The van der Waals surface area contributed by atoms with Crippen molar-refractivity contribution in [2.24, 2.45) is 5.92 Å². The van der Waals surface area contributed by atoms with Crippen molar-refractivity contribution in [3.05, 3.63) is 59.8 Å². The van der Waals surface area contributed by atoms with Crippen molar-refractivity contribution in [2.75, 3.05) is 32.1 Å². The van der Waals surface area contributed by atoms with E-state index in [4.69, 9.17) is 16.3 Å². The quantitative estimate of drug-likeness (QED) is 0.365. The van der Waals surface area contributed by atoms with Gasteiger partial charge in [0, 0.05) is 49.0 Å². The fourth-order valence-corrected chi connectivity index (χ4v) is 6.10. The van der Waals surface area contributed by atoms with Crippen molar-refractivity contribution in [2.45, 2.75) is 17.7 Å². The van der Waals surface area contributed by atoms with Crippen LogP contribution >= 0.6 is 11.6 Å². The van der Waals surface area contributed by atoms with Crippen LogP contribution in [0.3, 0.4) is 0 Å². The highest BCUT2D eigenvalue weighted by Gasteiger charge is 2.30. The minimum absolute atomic E-state index is 0.0203. The molecule has 1 fully saturated rings. The van der Waals surface area contributed by atoms with Gasteiger partial charge in [-0.25, -0.2) is 27.8 Å². The van der Waals surface area contributed by atoms with Crippen molar-refractivity contribution in [1.82, 2.24) is 24.2 Å². The number of pyridine rings is 1. The van der Waals surface area contributed by atoms with Gasteiger partial charge >= 0.3 is 0 Å². The minimum Gasteiger partial charge on any atom is -0.497 e. The Bertz CT molecular complexity index is 1510. The molecule has 1 unspecified atom stereocenters. The maximum atomic E-state index is 14.6. The number of anilines is 1. The molecule has 1 aliphatic rings. The smallest absolute Gasteiger partial charge is 0.243 e. The second-order valence-electron chi connectivity index (χ2n) is 8.57. The molecule has 0 radical (unpaired) electrons. The van der Waals surface area contributed by atoms with E-state index < -0.39 is 15.8 Å². The lowest BCUT2D eigenvalue weighted by Crippen LogP contribution is -2.41. The first-order valence-corrected chi connectivity index (χ1v) is 13.2. The van der Waals surface area contributed by atoms with E-state index in [1.54, 1.807) is 30.5 Å². The molecule has 2 N–H and O–H groups in total. The summed E-state index contributed by atoms with van der Waals surface area (Å²) < 4.78 is 47.6. The van der Waals surface area contributed by atoms with Crippen LogP contribution in [0.25, 0.3) is 22.4 Å². The first kappa shape index (κ1) is 24.4. The van der Waals surface area contributed by atoms with Crippen LogP contribution in [-0.4, -0.2) is 59.4 Å². The third kappa shape index (κ3) is 4.86. The lowest BCUT2D eigenvalue weighted by atomic mass is 10.00. The first-order valence-electron chi connectivity index (χ1n) is 11.4. The monoisotopic (exact) mass is 530 g/mol. The zero-order chi connectivity index (χ0) is 25.3.